The van der Waals surface area contributed by atoms with Gasteiger partial charge in [-0.1, -0.05) is 60.1 Å². The number of anilines is 1. The number of benzene rings is 3. The minimum atomic E-state index is -0.400. The number of nitrogens with zero attached hydrogens (tertiary/aromatic N) is 1. The Balaban J connectivity index is 1.65. The van der Waals surface area contributed by atoms with Gasteiger partial charge in [-0.15, -0.1) is 0 Å². The Morgan fingerprint density at radius 2 is 1.65 bits per heavy atom. The number of carbonyl (C=O) groups excluding carboxylic acids is 2. The Bertz CT molecular complexity index is 1170. The Labute approximate surface area is 185 Å². The molecular formula is C25H20ClFN2O2. The van der Waals surface area contributed by atoms with Gasteiger partial charge in [0, 0.05) is 17.3 Å². The highest BCUT2D eigenvalue weighted by Crippen LogP contribution is 2.31. The first-order valence-corrected chi connectivity index (χ1v) is 10.3. The monoisotopic (exact) mass is 434 g/mol. The lowest BCUT2D eigenvalue weighted by Crippen LogP contribution is -2.34. The fraction of sp³-hybridized carbons (Fsp3) is 0.120. The average molecular weight is 435 g/mol. The van der Waals surface area contributed by atoms with Gasteiger partial charge >= 0.3 is 0 Å². The third-order valence-electron chi connectivity index (χ3n) is 5.21. The van der Waals surface area contributed by atoms with E-state index >= 15 is 0 Å². The standard InChI is InChI=1S/C25H20ClFN2O2/c1-16-7-12-20(15-21(16)26)28-23-22(18-5-3-2-4-6-18)24(30)29(25(23)31)14-13-17-8-10-19(27)11-9-17/h2-12,15,28H,13-14H2,1H3. The predicted molar refractivity (Wildman–Crippen MR) is 120 cm³/mol. The van der Waals surface area contributed by atoms with Gasteiger partial charge in [-0.25, -0.2) is 4.39 Å². The van der Waals surface area contributed by atoms with E-state index in [1.807, 2.05) is 37.3 Å². The van der Waals surface area contributed by atoms with Gasteiger partial charge in [0.2, 0.25) is 0 Å². The molecule has 0 spiro atoms. The van der Waals surface area contributed by atoms with Crippen molar-refractivity contribution in [2.45, 2.75) is 13.3 Å². The molecule has 6 heteroatoms. The average Bonchev–Trinajstić information content (AvgIpc) is 3.00. The van der Waals surface area contributed by atoms with Crippen molar-refractivity contribution in [3.63, 3.8) is 0 Å². The van der Waals surface area contributed by atoms with E-state index in [1.54, 1.807) is 30.3 Å². The van der Waals surface area contributed by atoms with Gasteiger partial charge in [-0.05, 0) is 54.3 Å². The van der Waals surface area contributed by atoms with Crippen LogP contribution in [0.1, 0.15) is 16.7 Å². The lowest BCUT2D eigenvalue weighted by atomic mass is 10.0. The van der Waals surface area contributed by atoms with Crippen LogP contribution >= 0.6 is 11.6 Å². The number of imide groups is 1. The zero-order valence-corrected chi connectivity index (χ0v) is 17.6. The summed E-state index contributed by atoms with van der Waals surface area (Å²) in [5.41, 5.74) is 3.58. The van der Waals surface area contributed by atoms with Crippen LogP contribution in [0.4, 0.5) is 10.1 Å². The lowest BCUT2D eigenvalue weighted by molar-refractivity contribution is -0.136. The zero-order valence-electron chi connectivity index (χ0n) is 16.9. The van der Waals surface area contributed by atoms with E-state index in [9.17, 15) is 14.0 Å². The molecule has 1 aliphatic rings. The van der Waals surface area contributed by atoms with Crippen molar-refractivity contribution in [2.75, 3.05) is 11.9 Å². The SMILES string of the molecule is Cc1ccc(NC2=C(c3ccccc3)C(=O)N(CCc3ccc(F)cc3)C2=O)cc1Cl. The van der Waals surface area contributed by atoms with Gasteiger partial charge in [0.05, 0.1) is 5.57 Å². The molecule has 0 radical (unpaired) electrons. The molecule has 3 aromatic rings. The van der Waals surface area contributed by atoms with Crippen molar-refractivity contribution < 1.29 is 14.0 Å². The second-order valence-electron chi connectivity index (χ2n) is 7.34. The molecule has 1 heterocycles. The summed E-state index contributed by atoms with van der Waals surface area (Å²) < 4.78 is 13.2. The van der Waals surface area contributed by atoms with E-state index in [2.05, 4.69) is 5.32 Å². The smallest absolute Gasteiger partial charge is 0.278 e. The fourth-order valence-corrected chi connectivity index (χ4v) is 3.66. The van der Waals surface area contributed by atoms with Crippen LogP contribution < -0.4 is 5.32 Å². The topological polar surface area (TPSA) is 49.4 Å². The first-order valence-electron chi connectivity index (χ1n) is 9.87. The first kappa shape index (κ1) is 20.8. The molecule has 4 rings (SSSR count). The van der Waals surface area contributed by atoms with Crippen molar-refractivity contribution in [2.24, 2.45) is 0 Å². The highest BCUT2D eigenvalue weighted by Gasteiger charge is 2.38. The lowest BCUT2D eigenvalue weighted by Gasteiger charge is -2.15. The van der Waals surface area contributed by atoms with Gasteiger partial charge in [-0.2, -0.15) is 0 Å². The van der Waals surface area contributed by atoms with Crippen LogP contribution in [0.5, 0.6) is 0 Å². The Morgan fingerprint density at radius 3 is 2.32 bits per heavy atom. The zero-order chi connectivity index (χ0) is 22.0. The number of halogens is 2. The van der Waals surface area contributed by atoms with Crippen LogP contribution in [-0.2, 0) is 16.0 Å². The minimum absolute atomic E-state index is 0.194. The normalized spacial score (nSPS) is 13.8. The molecule has 0 atom stereocenters. The van der Waals surface area contributed by atoms with Crippen LogP contribution in [0, 0.1) is 12.7 Å². The highest BCUT2D eigenvalue weighted by atomic mass is 35.5. The molecule has 0 saturated carbocycles. The highest BCUT2D eigenvalue weighted by molar-refractivity contribution is 6.36. The minimum Gasteiger partial charge on any atom is -0.350 e. The maximum Gasteiger partial charge on any atom is 0.278 e. The van der Waals surface area contributed by atoms with Crippen molar-refractivity contribution in [1.29, 1.82) is 0 Å². The number of hydrogen-bond acceptors (Lipinski definition) is 3. The maximum atomic E-state index is 13.2. The van der Waals surface area contributed by atoms with E-state index in [1.165, 1.54) is 17.0 Å². The number of aryl methyl sites for hydroxylation is 1. The van der Waals surface area contributed by atoms with Gasteiger partial charge in [0.1, 0.15) is 11.5 Å². The number of nitrogens with one attached hydrogen (secondary N) is 1. The van der Waals surface area contributed by atoms with Crippen LogP contribution in [-0.4, -0.2) is 23.3 Å². The largest absolute Gasteiger partial charge is 0.350 e. The van der Waals surface area contributed by atoms with Crippen LogP contribution in [0.3, 0.4) is 0 Å². The molecule has 31 heavy (non-hydrogen) atoms. The molecule has 1 aliphatic heterocycles. The summed E-state index contributed by atoms with van der Waals surface area (Å²) in [5.74, 6) is -1.09. The molecular weight excluding hydrogens is 415 g/mol. The van der Waals surface area contributed by atoms with E-state index in [0.717, 1.165) is 11.1 Å². The molecule has 3 aromatic carbocycles. The second-order valence-corrected chi connectivity index (χ2v) is 7.75. The fourth-order valence-electron chi connectivity index (χ4n) is 3.47. The summed E-state index contributed by atoms with van der Waals surface area (Å²) >= 11 is 6.23. The van der Waals surface area contributed by atoms with Crippen LogP contribution in [0.2, 0.25) is 5.02 Å². The van der Waals surface area contributed by atoms with Crippen molar-refractivity contribution in [1.82, 2.24) is 4.90 Å². The molecule has 0 fully saturated rings. The van der Waals surface area contributed by atoms with E-state index in [0.29, 0.717) is 28.3 Å². The Morgan fingerprint density at radius 1 is 0.935 bits per heavy atom. The maximum absolute atomic E-state index is 13.2. The van der Waals surface area contributed by atoms with Crippen molar-refractivity contribution in [3.8, 4) is 0 Å². The summed E-state index contributed by atoms with van der Waals surface area (Å²) in [7, 11) is 0. The summed E-state index contributed by atoms with van der Waals surface area (Å²) in [4.78, 5) is 27.7. The number of amides is 2. The number of rotatable bonds is 6. The Hall–Kier alpha value is -3.44. The quantitative estimate of drug-likeness (QED) is 0.541. The molecule has 1 N–H and O–H groups in total. The Kier molecular flexibility index (Phi) is 5.87. The third-order valence-corrected chi connectivity index (χ3v) is 5.62. The third kappa shape index (κ3) is 4.37. The summed E-state index contributed by atoms with van der Waals surface area (Å²) in [6.07, 6.45) is 0.434. The van der Waals surface area contributed by atoms with E-state index in [-0.39, 0.29) is 24.0 Å². The van der Waals surface area contributed by atoms with Gasteiger partial charge < -0.3 is 5.32 Å². The molecule has 0 aromatic heterocycles. The molecule has 0 aliphatic carbocycles. The number of carbonyl (C=O) groups is 2. The second kappa shape index (κ2) is 8.74. The summed E-state index contributed by atoms with van der Waals surface area (Å²) in [6.45, 7) is 2.08. The van der Waals surface area contributed by atoms with Crippen LogP contribution in [0.15, 0.2) is 78.5 Å². The molecule has 0 unspecified atom stereocenters. The van der Waals surface area contributed by atoms with Crippen molar-refractivity contribution in [3.05, 3.63) is 106 Å². The molecule has 0 saturated heterocycles. The molecule has 0 bridgehead atoms. The molecule has 156 valence electrons. The van der Waals surface area contributed by atoms with E-state index in [4.69, 9.17) is 11.6 Å². The summed E-state index contributed by atoms with van der Waals surface area (Å²) in [5, 5.41) is 3.67. The van der Waals surface area contributed by atoms with E-state index < -0.39 is 5.91 Å². The molecule has 4 nitrogen and oxygen atoms in total. The first-order chi connectivity index (χ1) is 14.9. The van der Waals surface area contributed by atoms with Crippen molar-refractivity contribution >= 4 is 34.7 Å². The number of hydrogen-bond donors (Lipinski definition) is 1. The van der Waals surface area contributed by atoms with Gasteiger partial charge in [-0.3, -0.25) is 14.5 Å². The summed E-state index contributed by atoms with van der Waals surface area (Å²) in [6, 6.07) is 20.5. The van der Waals surface area contributed by atoms with Crippen LogP contribution in [0.25, 0.3) is 5.57 Å². The van der Waals surface area contributed by atoms with Gasteiger partial charge in [0.25, 0.3) is 11.8 Å². The molecule has 2 amide bonds. The predicted octanol–water partition coefficient (Wildman–Crippen LogP) is 5.22. The van der Waals surface area contributed by atoms with Gasteiger partial charge in [0.15, 0.2) is 0 Å².